The zero-order chi connectivity index (χ0) is 12.6. The van der Waals surface area contributed by atoms with E-state index in [1.807, 2.05) is 13.8 Å². The molecule has 5 heteroatoms. The van der Waals surface area contributed by atoms with Gasteiger partial charge >= 0.3 is 0 Å². The summed E-state index contributed by atoms with van der Waals surface area (Å²) in [6.07, 6.45) is 6.32. The molecule has 2 aliphatic rings. The van der Waals surface area contributed by atoms with E-state index in [0.29, 0.717) is 17.5 Å². The monoisotopic (exact) mass is 247 g/mol. The number of rotatable bonds is 2. The van der Waals surface area contributed by atoms with Crippen molar-refractivity contribution in [2.75, 3.05) is 11.9 Å². The number of aryl methyl sites for hydroxylation is 2. The highest BCUT2D eigenvalue weighted by molar-refractivity contribution is 5.27. The summed E-state index contributed by atoms with van der Waals surface area (Å²) in [4.78, 5) is 4.45. The van der Waals surface area contributed by atoms with Crippen LogP contribution in [0.1, 0.15) is 43.5 Å². The van der Waals surface area contributed by atoms with Gasteiger partial charge in [-0.15, -0.1) is 5.10 Å². The third-order valence-electron chi connectivity index (χ3n) is 4.37. The molecule has 98 valence electrons. The van der Waals surface area contributed by atoms with E-state index in [1.165, 1.54) is 25.7 Å². The molecule has 3 rings (SSSR count). The van der Waals surface area contributed by atoms with Gasteiger partial charge in [-0.2, -0.15) is 5.10 Å². The number of nitrogens with one attached hydrogen (secondary N) is 2. The molecule has 18 heavy (non-hydrogen) atoms. The molecule has 1 spiro atoms. The van der Waals surface area contributed by atoms with Gasteiger partial charge in [-0.3, -0.25) is 0 Å². The first-order valence-corrected chi connectivity index (χ1v) is 6.86. The van der Waals surface area contributed by atoms with Crippen LogP contribution in [0.5, 0.6) is 0 Å². The van der Waals surface area contributed by atoms with E-state index in [9.17, 15) is 0 Å². The van der Waals surface area contributed by atoms with Crippen molar-refractivity contribution in [3.8, 4) is 0 Å². The lowest BCUT2D eigenvalue weighted by Crippen LogP contribution is -2.58. The number of aromatic nitrogens is 3. The zero-order valence-corrected chi connectivity index (χ0v) is 11.2. The molecular formula is C13H21N5. The summed E-state index contributed by atoms with van der Waals surface area (Å²) in [5.41, 5.74) is 2.27. The first-order chi connectivity index (χ1) is 8.67. The number of piperidine rings is 1. The van der Waals surface area contributed by atoms with Crippen LogP contribution >= 0.6 is 0 Å². The van der Waals surface area contributed by atoms with Crippen molar-refractivity contribution in [3.05, 3.63) is 11.4 Å². The second-order valence-electron chi connectivity index (χ2n) is 5.70. The average Bonchev–Trinajstić information content (AvgIpc) is 2.32. The van der Waals surface area contributed by atoms with Crippen molar-refractivity contribution in [2.45, 2.75) is 57.5 Å². The Bertz CT molecular complexity index is 441. The summed E-state index contributed by atoms with van der Waals surface area (Å²) >= 11 is 0. The van der Waals surface area contributed by atoms with Crippen molar-refractivity contribution in [1.82, 2.24) is 20.5 Å². The van der Waals surface area contributed by atoms with Gasteiger partial charge in [-0.05, 0) is 52.5 Å². The first kappa shape index (κ1) is 11.8. The Hall–Kier alpha value is -1.23. The predicted octanol–water partition coefficient (Wildman–Crippen LogP) is 1.58. The van der Waals surface area contributed by atoms with Crippen LogP contribution < -0.4 is 10.6 Å². The van der Waals surface area contributed by atoms with Crippen molar-refractivity contribution in [1.29, 1.82) is 0 Å². The lowest BCUT2D eigenvalue weighted by atomic mass is 9.70. The van der Waals surface area contributed by atoms with Crippen LogP contribution in [0.3, 0.4) is 0 Å². The molecule has 0 amide bonds. The van der Waals surface area contributed by atoms with Gasteiger partial charge in [0.1, 0.15) is 0 Å². The van der Waals surface area contributed by atoms with Crippen LogP contribution in [0.2, 0.25) is 0 Å². The quantitative estimate of drug-likeness (QED) is 0.830. The van der Waals surface area contributed by atoms with Gasteiger partial charge in [0.05, 0.1) is 11.4 Å². The van der Waals surface area contributed by atoms with Crippen molar-refractivity contribution < 1.29 is 0 Å². The molecule has 1 saturated heterocycles. The van der Waals surface area contributed by atoms with E-state index < -0.39 is 0 Å². The third kappa shape index (κ3) is 2.19. The van der Waals surface area contributed by atoms with Crippen LogP contribution in [0.25, 0.3) is 0 Å². The van der Waals surface area contributed by atoms with Gasteiger partial charge in [0, 0.05) is 11.6 Å². The summed E-state index contributed by atoms with van der Waals surface area (Å²) in [7, 11) is 0. The number of nitrogens with zero attached hydrogens (tertiary/aromatic N) is 3. The molecule has 5 nitrogen and oxygen atoms in total. The van der Waals surface area contributed by atoms with E-state index in [2.05, 4.69) is 25.8 Å². The molecule has 0 aromatic carbocycles. The van der Waals surface area contributed by atoms with Gasteiger partial charge in [0.25, 0.3) is 0 Å². The third-order valence-corrected chi connectivity index (χ3v) is 4.37. The van der Waals surface area contributed by atoms with Crippen LogP contribution in [-0.4, -0.2) is 33.3 Å². The van der Waals surface area contributed by atoms with Crippen LogP contribution in [0, 0.1) is 13.8 Å². The van der Waals surface area contributed by atoms with Gasteiger partial charge in [0.2, 0.25) is 5.95 Å². The molecule has 2 N–H and O–H groups in total. The number of hydrogen-bond donors (Lipinski definition) is 2. The fourth-order valence-electron chi connectivity index (χ4n) is 2.97. The Balaban J connectivity index is 1.66. The second-order valence-corrected chi connectivity index (χ2v) is 5.70. The topological polar surface area (TPSA) is 62.7 Å². The fourth-order valence-corrected chi connectivity index (χ4v) is 2.97. The molecular weight excluding hydrogens is 226 g/mol. The fraction of sp³-hybridized carbons (Fsp3) is 0.769. The van der Waals surface area contributed by atoms with Crippen LogP contribution in [0.15, 0.2) is 0 Å². The highest BCUT2D eigenvalue weighted by atomic mass is 15.3. The maximum Gasteiger partial charge on any atom is 0.243 e. The molecule has 1 aromatic rings. The summed E-state index contributed by atoms with van der Waals surface area (Å²) < 4.78 is 0. The summed E-state index contributed by atoms with van der Waals surface area (Å²) in [5.74, 6) is 0.680. The van der Waals surface area contributed by atoms with Gasteiger partial charge < -0.3 is 10.6 Å². The SMILES string of the molecule is Cc1nnc(NC2CCNC3(CCC3)C2)nc1C. The van der Waals surface area contributed by atoms with Crippen molar-refractivity contribution in [3.63, 3.8) is 0 Å². The first-order valence-electron chi connectivity index (χ1n) is 6.86. The zero-order valence-electron chi connectivity index (χ0n) is 11.2. The average molecular weight is 247 g/mol. The summed E-state index contributed by atoms with van der Waals surface area (Å²) in [6.45, 7) is 5.01. The largest absolute Gasteiger partial charge is 0.350 e. The van der Waals surface area contributed by atoms with E-state index >= 15 is 0 Å². The Kier molecular flexibility index (Phi) is 2.93. The second kappa shape index (κ2) is 4.46. The molecule has 1 aromatic heterocycles. The molecule has 1 saturated carbocycles. The Labute approximate surface area is 108 Å². The van der Waals surface area contributed by atoms with Crippen LogP contribution in [-0.2, 0) is 0 Å². The van der Waals surface area contributed by atoms with Crippen LogP contribution in [0.4, 0.5) is 5.95 Å². The van der Waals surface area contributed by atoms with Crippen molar-refractivity contribution in [2.24, 2.45) is 0 Å². The standard InChI is InChI=1S/C13H21N5/c1-9-10(2)17-18-12(15-9)16-11-4-7-14-13(8-11)5-3-6-13/h11,14H,3-8H2,1-2H3,(H,15,16,18). The maximum absolute atomic E-state index is 4.45. The van der Waals surface area contributed by atoms with E-state index in [-0.39, 0.29) is 0 Å². The lowest BCUT2D eigenvalue weighted by molar-refractivity contribution is 0.135. The molecule has 1 aliphatic heterocycles. The summed E-state index contributed by atoms with van der Waals surface area (Å²) in [5, 5.41) is 15.4. The van der Waals surface area contributed by atoms with E-state index in [1.54, 1.807) is 0 Å². The Morgan fingerprint density at radius 3 is 2.72 bits per heavy atom. The normalized spacial score (nSPS) is 25.8. The van der Waals surface area contributed by atoms with Gasteiger partial charge in [-0.25, -0.2) is 4.98 Å². The Morgan fingerprint density at radius 2 is 2.06 bits per heavy atom. The van der Waals surface area contributed by atoms with Gasteiger partial charge in [-0.1, -0.05) is 0 Å². The molecule has 0 bridgehead atoms. The highest BCUT2D eigenvalue weighted by Gasteiger charge is 2.40. The minimum Gasteiger partial charge on any atom is -0.350 e. The molecule has 2 fully saturated rings. The Morgan fingerprint density at radius 1 is 1.22 bits per heavy atom. The minimum atomic E-state index is 0.406. The molecule has 0 radical (unpaired) electrons. The molecule has 1 atom stereocenters. The van der Waals surface area contributed by atoms with Gasteiger partial charge in [0.15, 0.2) is 0 Å². The molecule has 2 heterocycles. The number of anilines is 1. The lowest BCUT2D eigenvalue weighted by Gasteiger charge is -2.48. The number of hydrogen-bond acceptors (Lipinski definition) is 5. The predicted molar refractivity (Wildman–Crippen MR) is 70.5 cm³/mol. The molecule has 1 unspecified atom stereocenters. The van der Waals surface area contributed by atoms with E-state index in [4.69, 9.17) is 0 Å². The maximum atomic E-state index is 4.45. The minimum absolute atomic E-state index is 0.406. The van der Waals surface area contributed by atoms with E-state index in [0.717, 1.165) is 24.4 Å². The molecule has 1 aliphatic carbocycles. The smallest absolute Gasteiger partial charge is 0.243 e. The summed E-state index contributed by atoms with van der Waals surface area (Å²) in [6, 6.07) is 0.482. The highest BCUT2D eigenvalue weighted by Crippen LogP contribution is 2.38. The van der Waals surface area contributed by atoms with Crippen molar-refractivity contribution >= 4 is 5.95 Å².